The Kier molecular flexibility index (Phi) is 2.39. The molecule has 2 rings (SSSR count). The molecule has 4 heteroatoms. The van der Waals surface area contributed by atoms with Crippen LogP contribution < -0.4 is 10.6 Å². The normalized spacial score (nSPS) is 17.4. The molecule has 0 saturated heterocycles. The summed E-state index contributed by atoms with van der Waals surface area (Å²) >= 11 is 6.00. The van der Waals surface area contributed by atoms with Gasteiger partial charge >= 0.3 is 0 Å². The third-order valence-corrected chi connectivity index (χ3v) is 3.25. The van der Waals surface area contributed by atoms with Crippen LogP contribution in [0.15, 0.2) is 12.1 Å². The topological polar surface area (TPSA) is 46.3 Å². The molecular weight excluding hydrogens is 224 g/mol. The van der Waals surface area contributed by atoms with Crippen molar-refractivity contribution >= 4 is 28.9 Å². The Bertz CT molecular complexity index is 468. The number of benzene rings is 1. The maximum Gasteiger partial charge on any atom is 0.223 e. The van der Waals surface area contributed by atoms with E-state index in [2.05, 4.69) is 13.8 Å². The lowest BCUT2D eigenvalue weighted by Gasteiger charge is -2.19. The fourth-order valence-corrected chi connectivity index (χ4v) is 2.49. The van der Waals surface area contributed by atoms with Gasteiger partial charge in [-0.2, -0.15) is 0 Å². The lowest BCUT2D eigenvalue weighted by atomic mass is 9.87. The number of carbonyl (C=O) groups excluding carboxylic acids is 1. The number of halogens is 1. The van der Waals surface area contributed by atoms with E-state index in [1.807, 2.05) is 6.07 Å². The van der Waals surface area contributed by atoms with Crippen LogP contribution in [0, 0.1) is 0 Å². The third kappa shape index (κ3) is 1.55. The monoisotopic (exact) mass is 238 g/mol. The second kappa shape index (κ2) is 3.39. The molecule has 0 fully saturated rings. The van der Waals surface area contributed by atoms with E-state index in [0.717, 1.165) is 11.3 Å². The first-order valence-corrected chi connectivity index (χ1v) is 5.58. The Morgan fingerprint density at radius 1 is 1.50 bits per heavy atom. The number of rotatable bonds is 0. The zero-order chi connectivity index (χ0) is 12.1. The average Bonchev–Trinajstić information content (AvgIpc) is 2.39. The molecule has 1 aromatic rings. The van der Waals surface area contributed by atoms with E-state index < -0.39 is 0 Å². The van der Waals surface area contributed by atoms with Crippen LogP contribution in [0.5, 0.6) is 0 Å². The van der Waals surface area contributed by atoms with Crippen LogP contribution in [0.3, 0.4) is 0 Å². The van der Waals surface area contributed by atoms with E-state index in [-0.39, 0.29) is 11.3 Å². The van der Waals surface area contributed by atoms with Gasteiger partial charge in [0.1, 0.15) is 0 Å². The van der Waals surface area contributed by atoms with Gasteiger partial charge < -0.3 is 10.6 Å². The number of nitrogens with two attached hydrogens (primary N) is 1. The highest BCUT2D eigenvalue weighted by Gasteiger charge is 2.38. The van der Waals surface area contributed by atoms with Crippen molar-refractivity contribution in [2.75, 3.05) is 17.2 Å². The SMILES string of the molecule is CC(=O)N1CC(C)(C)c2cc(Cl)cc(N)c21. The van der Waals surface area contributed by atoms with Crippen molar-refractivity contribution in [1.82, 2.24) is 0 Å². The number of fused-ring (bicyclic) bond motifs is 1. The summed E-state index contributed by atoms with van der Waals surface area (Å²) in [5, 5.41) is 0.620. The molecule has 3 nitrogen and oxygen atoms in total. The van der Waals surface area contributed by atoms with Crippen LogP contribution in [0.25, 0.3) is 0 Å². The number of anilines is 2. The van der Waals surface area contributed by atoms with Gasteiger partial charge in [-0.25, -0.2) is 0 Å². The molecule has 1 amide bonds. The quantitative estimate of drug-likeness (QED) is 0.706. The fraction of sp³-hybridized carbons (Fsp3) is 0.417. The van der Waals surface area contributed by atoms with E-state index >= 15 is 0 Å². The number of hydrogen-bond donors (Lipinski definition) is 1. The van der Waals surface area contributed by atoms with Crippen LogP contribution in [-0.4, -0.2) is 12.5 Å². The summed E-state index contributed by atoms with van der Waals surface area (Å²) in [6, 6.07) is 3.59. The lowest BCUT2D eigenvalue weighted by molar-refractivity contribution is -0.116. The largest absolute Gasteiger partial charge is 0.397 e. The first-order valence-electron chi connectivity index (χ1n) is 5.20. The predicted octanol–water partition coefficient (Wildman–Crippen LogP) is 2.57. The Morgan fingerprint density at radius 3 is 2.69 bits per heavy atom. The molecule has 0 spiro atoms. The van der Waals surface area contributed by atoms with Crippen LogP contribution in [0.1, 0.15) is 26.3 Å². The molecule has 1 heterocycles. The summed E-state index contributed by atoms with van der Waals surface area (Å²) in [6.45, 7) is 6.39. The van der Waals surface area contributed by atoms with E-state index in [9.17, 15) is 4.79 Å². The summed E-state index contributed by atoms with van der Waals surface area (Å²) < 4.78 is 0. The van der Waals surface area contributed by atoms with Gasteiger partial charge in [0.05, 0.1) is 11.4 Å². The summed E-state index contributed by atoms with van der Waals surface area (Å²) in [7, 11) is 0. The fourth-order valence-electron chi connectivity index (χ4n) is 2.27. The van der Waals surface area contributed by atoms with Crippen molar-refractivity contribution in [3.05, 3.63) is 22.7 Å². The molecule has 1 aromatic carbocycles. The summed E-state index contributed by atoms with van der Waals surface area (Å²) in [6.07, 6.45) is 0. The molecule has 1 aliphatic rings. The van der Waals surface area contributed by atoms with Gasteiger partial charge in [0.15, 0.2) is 0 Å². The highest BCUT2D eigenvalue weighted by atomic mass is 35.5. The second-order valence-electron chi connectivity index (χ2n) is 4.88. The van der Waals surface area contributed by atoms with Crippen molar-refractivity contribution in [2.24, 2.45) is 0 Å². The molecule has 2 N–H and O–H groups in total. The summed E-state index contributed by atoms with van der Waals surface area (Å²) in [4.78, 5) is 13.3. The molecule has 1 aliphatic heterocycles. The van der Waals surface area contributed by atoms with E-state index in [1.54, 1.807) is 17.9 Å². The summed E-state index contributed by atoms with van der Waals surface area (Å²) in [5.41, 5.74) is 8.29. The van der Waals surface area contributed by atoms with Crippen molar-refractivity contribution in [1.29, 1.82) is 0 Å². The molecular formula is C12H15ClN2O. The van der Waals surface area contributed by atoms with Crippen molar-refractivity contribution in [3.8, 4) is 0 Å². The highest BCUT2D eigenvalue weighted by molar-refractivity contribution is 6.31. The van der Waals surface area contributed by atoms with Gasteiger partial charge in [0, 0.05) is 23.9 Å². The maximum absolute atomic E-state index is 11.6. The first kappa shape index (κ1) is 11.3. The standard InChI is InChI=1S/C12H15ClN2O/c1-7(16)15-6-12(2,3)9-4-8(13)5-10(14)11(9)15/h4-5H,6,14H2,1-3H3. The van der Waals surface area contributed by atoms with Gasteiger partial charge in [-0.15, -0.1) is 0 Å². The van der Waals surface area contributed by atoms with Crippen LogP contribution in [0.2, 0.25) is 5.02 Å². The second-order valence-corrected chi connectivity index (χ2v) is 5.32. The molecule has 16 heavy (non-hydrogen) atoms. The molecule has 0 bridgehead atoms. The number of amides is 1. The minimum absolute atomic E-state index is 0.0147. The predicted molar refractivity (Wildman–Crippen MR) is 66.9 cm³/mol. The van der Waals surface area contributed by atoms with Gasteiger partial charge in [-0.05, 0) is 17.7 Å². The van der Waals surface area contributed by atoms with E-state index in [4.69, 9.17) is 17.3 Å². The Balaban J connectivity index is 2.68. The Hall–Kier alpha value is -1.22. The minimum atomic E-state index is -0.0972. The van der Waals surface area contributed by atoms with E-state index in [1.165, 1.54) is 0 Å². The molecule has 0 atom stereocenters. The smallest absolute Gasteiger partial charge is 0.223 e. The van der Waals surface area contributed by atoms with Crippen LogP contribution in [0.4, 0.5) is 11.4 Å². The van der Waals surface area contributed by atoms with Gasteiger partial charge in [-0.3, -0.25) is 4.79 Å². The number of hydrogen-bond acceptors (Lipinski definition) is 2. The molecule has 86 valence electrons. The van der Waals surface area contributed by atoms with E-state index in [0.29, 0.717) is 17.3 Å². The first-order chi connectivity index (χ1) is 7.33. The lowest BCUT2D eigenvalue weighted by Crippen LogP contribution is -2.32. The van der Waals surface area contributed by atoms with Crippen LogP contribution >= 0.6 is 11.6 Å². The Labute approximate surface area is 100 Å². The molecule has 0 radical (unpaired) electrons. The van der Waals surface area contributed by atoms with Crippen molar-refractivity contribution in [3.63, 3.8) is 0 Å². The van der Waals surface area contributed by atoms with Gasteiger partial charge in [0.2, 0.25) is 5.91 Å². The average molecular weight is 239 g/mol. The van der Waals surface area contributed by atoms with Gasteiger partial charge in [0.25, 0.3) is 0 Å². The molecule has 0 unspecified atom stereocenters. The molecule has 0 aromatic heterocycles. The Morgan fingerprint density at radius 2 is 2.12 bits per heavy atom. The van der Waals surface area contributed by atoms with Crippen molar-refractivity contribution < 1.29 is 4.79 Å². The summed E-state index contributed by atoms with van der Waals surface area (Å²) in [5.74, 6) is 0.0147. The number of carbonyl (C=O) groups is 1. The zero-order valence-electron chi connectivity index (χ0n) is 9.67. The molecule has 0 aliphatic carbocycles. The molecule has 0 saturated carbocycles. The minimum Gasteiger partial charge on any atom is -0.397 e. The number of nitrogen functional groups attached to an aromatic ring is 1. The third-order valence-electron chi connectivity index (χ3n) is 3.04. The highest BCUT2D eigenvalue weighted by Crippen LogP contribution is 2.45. The van der Waals surface area contributed by atoms with Gasteiger partial charge in [-0.1, -0.05) is 25.4 Å². The zero-order valence-corrected chi connectivity index (χ0v) is 10.4. The number of nitrogens with zero attached hydrogens (tertiary/aromatic N) is 1. The van der Waals surface area contributed by atoms with Crippen molar-refractivity contribution in [2.45, 2.75) is 26.2 Å². The maximum atomic E-state index is 11.6. The van der Waals surface area contributed by atoms with Crippen LogP contribution in [-0.2, 0) is 10.2 Å².